The second-order valence-corrected chi connectivity index (χ2v) is 6.68. The van der Waals surface area contributed by atoms with E-state index in [1.54, 1.807) is 19.2 Å². The minimum atomic E-state index is -0.642. The first kappa shape index (κ1) is 17.5. The highest BCUT2D eigenvalue weighted by atomic mass is 79.9. The number of carbonyl (C=O) groups excluding carboxylic acids is 2. The molecule has 0 radical (unpaired) electrons. The van der Waals surface area contributed by atoms with E-state index in [1.165, 1.54) is 4.90 Å². The van der Waals surface area contributed by atoms with Crippen molar-refractivity contribution in [2.75, 3.05) is 7.11 Å². The van der Waals surface area contributed by atoms with Crippen molar-refractivity contribution in [3.05, 3.63) is 58.6 Å². The van der Waals surface area contributed by atoms with Crippen molar-refractivity contribution in [2.45, 2.75) is 25.5 Å². The van der Waals surface area contributed by atoms with Crippen LogP contribution in [0.2, 0.25) is 0 Å². The molecule has 0 aromatic heterocycles. The number of likely N-dealkylation sites (tertiary alicyclic amines) is 1. The first-order valence-electron chi connectivity index (χ1n) is 7.96. The zero-order valence-corrected chi connectivity index (χ0v) is 15.4. The van der Waals surface area contributed by atoms with Gasteiger partial charge in [-0.15, -0.1) is 0 Å². The van der Waals surface area contributed by atoms with Crippen molar-refractivity contribution in [1.29, 1.82) is 0 Å². The summed E-state index contributed by atoms with van der Waals surface area (Å²) in [6.07, 6.45) is 0.0489. The number of hydrogen-bond acceptors (Lipinski definition) is 4. The Bertz CT molecular complexity index is 758. The van der Waals surface area contributed by atoms with Gasteiger partial charge in [0.25, 0.3) is 5.91 Å². The molecule has 1 aliphatic rings. The molecule has 25 heavy (non-hydrogen) atoms. The van der Waals surface area contributed by atoms with Gasteiger partial charge in [0.2, 0.25) is 5.91 Å². The van der Waals surface area contributed by atoms with Gasteiger partial charge in [0.15, 0.2) is 6.10 Å². The fourth-order valence-electron chi connectivity index (χ4n) is 2.68. The molecule has 6 heteroatoms. The highest BCUT2D eigenvalue weighted by molar-refractivity contribution is 9.10. The van der Waals surface area contributed by atoms with E-state index in [-0.39, 0.29) is 18.4 Å². The highest BCUT2D eigenvalue weighted by Gasteiger charge is 2.35. The summed E-state index contributed by atoms with van der Waals surface area (Å²) in [6, 6.07) is 14.6. The molecule has 5 nitrogen and oxygen atoms in total. The maximum absolute atomic E-state index is 12.7. The van der Waals surface area contributed by atoms with Crippen LogP contribution in [0.4, 0.5) is 0 Å². The molecule has 0 aliphatic carbocycles. The molecule has 1 atom stereocenters. The van der Waals surface area contributed by atoms with Crippen molar-refractivity contribution < 1.29 is 19.1 Å². The molecule has 0 saturated carbocycles. The number of benzene rings is 2. The van der Waals surface area contributed by atoms with Gasteiger partial charge >= 0.3 is 0 Å². The molecule has 1 saturated heterocycles. The number of imide groups is 1. The molecule has 0 spiro atoms. The maximum atomic E-state index is 12.7. The summed E-state index contributed by atoms with van der Waals surface area (Å²) >= 11 is 3.36. The van der Waals surface area contributed by atoms with Gasteiger partial charge in [0.1, 0.15) is 11.5 Å². The van der Waals surface area contributed by atoms with Crippen LogP contribution in [-0.2, 0) is 16.1 Å². The largest absolute Gasteiger partial charge is 0.497 e. The molecule has 2 amide bonds. The maximum Gasteiger partial charge on any atom is 0.270 e. The Morgan fingerprint density at radius 2 is 1.68 bits per heavy atom. The zero-order chi connectivity index (χ0) is 17.8. The number of carbonyl (C=O) groups is 2. The van der Waals surface area contributed by atoms with E-state index >= 15 is 0 Å². The summed E-state index contributed by atoms with van der Waals surface area (Å²) in [6.45, 7) is 0.238. The van der Waals surface area contributed by atoms with E-state index < -0.39 is 6.10 Å². The van der Waals surface area contributed by atoms with Crippen LogP contribution in [0.15, 0.2) is 53.0 Å². The molecule has 2 aromatic carbocycles. The first-order valence-corrected chi connectivity index (χ1v) is 8.75. The Hall–Kier alpha value is -2.34. The number of amides is 2. The average molecular weight is 404 g/mol. The van der Waals surface area contributed by atoms with Crippen molar-refractivity contribution >= 4 is 27.7 Å². The van der Waals surface area contributed by atoms with Crippen molar-refractivity contribution in [3.8, 4) is 11.5 Å². The molecular weight excluding hydrogens is 386 g/mol. The number of methoxy groups -OCH3 is 1. The monoisotopic (exact) mass is 403 g/mol. The third kappa shape index (κ3) is 4.20. The number of piperidine rings is 1. The molecule has 2 aromatic rings. The number of nitrogens with zero attached hydrogens (tertiary/aromatic N) is 1. The average Bonchev–Trinajstić information content (AvgIpc) is 2.63. The van der Waals surface area contributed by atoms with Crippen LogP contribution in [0.3, 0.4) is 0 Å². The molecule has 3 rings (SSSR count). The van der Waals surface area contributed by atoms with Crippen LogP contribution >= 0.6 is 15.9 Å². The Kier molecular flexibility index (Phi) is 5.38. The molecule has 0 N–H and O–H groups in total. The number of rotatable bonds is 5. The Labute approximate surface area is 154 Å². The van der Waals surface area contributed by atoms with Crippen molar-refractivity contribution in [1.82, 2.24) is 4.90 Å². The topological polar surface area (TPSA) is 55.8 Å². The fraction of sp³-hybridized carbons (Fsp3) is 0.263. The van der Waals surface area contributed by atoms with Gasteiger partial charge in [-0.3, -0.25) is 14.5 Å². The molecule has 1 unspecified atom stereocenters. The van der Waals surface area contributed by atoms with Gasteiger partial charge < -0.3 is 9.47 Å². The van der Waals surface area contributed by atoms with Crippen LogP contribution in [-0.4, -0.2) is 29.9 Å². The Morgan fingerprint density at radius 3 is 2.32 bits per heavy atom. The molecule has 1 aliphatic heterocycles. The van der Waals surface area contributed by atoms with Gasteiger partial charge in [0, 0.05) is 17.3 Å². The third-order valence-electron chi connectivity index (χ3n) is 4.05. The minimum absolute atomic E-state index is 0.170. The predicted molar refractivity (Wildman–Crippen MR) is 96.3 cm³/mol. The lowest BCUT2D eigenvalue weighted by Gasteiger charge is -2.31. The molecule has 1 fully saturated rings. The van der Waals surface area contributed by atoms with Crippen LogP contribution < -0.4 is 9.47 Å². The third-order valence-corrected chi connectivity index (χ3v) is 4.58. The molecule has 1 heterocycles. The second kappa shape index (κ2) is 7.70. The lowest BCUT2D eigenvalue weighted by molar-refractivity contribution is -0.155. The van der Waals surface area contributed by atoms with Gasteiger partial charge in [0.05, 0.1) is 13.7 Å². The minimum Gasteiger partial charge on any atom is -0.497 e. The van der Waals surface area contributed by atoms with Crippen LogP contribution in [0.5, 0.6) is 11.5 Å². The summed E-state index contributed by atoms with van der Waals surface area (Å²) in [5.41, 5.74) is 0.867. The SMILES string of the molecule is COc1ccc(CN2C(=O)CCC(Oc3ccc(Br)cc3)C2=O)cc1. The number of ether oxygens (including phenoxy) is 2. The quantitative estimate of drug-likeness (QED) is 0.716. The summed E-state index contributed by atoms with van der Waals surface area (Å²) in [5, 5.41) is 0. The normalized spacial score (nSPS) is 17.5. The molecule has 0 bridgehead atoms. The second-order valence-electron chi connectivity index (χ2n) is 5.77. The lowest BCUT2D eigenvalue weighted by atomic mass is 10.0. The van der Waals surface area contributed by atoms with E-state index in [1.807, 2.05) is 36.4 Å². The van der Waals surface area contributed by atoms with Gasteiger partial charge in [-0.1, -0.05) is 28.1 Å². The highest BCUT2D eigenvalue weighted by Crippen LogP contribution is 2.23. The van der Waals surface area contributed by atoms with Crippen LogP contribution in [0, 0.1) is 0 Å². The zero-order valence-electron chi connectivity index (χ0n) is 13.8. The Balaban J connectivity index is 1.70. The smallest absolute Gasteiger partial charge is 0.270 e. The fourth-order valence-corrected chi connectivity index (χ4v) is 2.94. The van der Waals surface area contributed by atoms with Crippen molar-refractivity contribution in [2.24, 2.45) is 0 Å². The van der Waals surface area contributed by atoms with E-state index in [9.17, 15) is 9.59 Å². The number of hydrogen-bond donors (Lipinski definition) is 0. The van der Waals surface area contributed by atoms with Crippen molar-refractivity contribution in [3.63, 3.8) is 0 Å². The predicted octanol–water partition coefficient (Wildman–Crippen LogP) is 3.55. The summed E-state index contributed by atoms with van der Waals surface area (Å²) in [4.78, 5) is 26.1. The Morgan fingerprint density at radius 1 is 1.04 bits per heavy atom. The lowest BCUT2D eigenvalue weighted by Crippen LogP contribution is -2.49. The summed E-state index contributed by atoms with van der Waals surface area (Å²) in [7, 11) is 1.59. The van der Waals surface area contributed by atoms with Gasteiger partial charge in [-0.2, -0.15) is 0 Å². The van der Waals surface area contributed by atoms with Crippen LogP contribution in [0.25, 0.3) is 0 Å². The summed E-state index contributed by atoms with van der Waals surface area (Å²) in [5.74, 6) is 0.878. The standard InChI is InChI=1S/C19H18BrNO4/c1-24-15-6-2-13(3-7-15)12-21-18(22)11-10-17(19(21)23)25-16-8-4-14(20)5-9-16/h2-9,17H,10-12H2,1H3. The molecule has 130 valence electrons. The van der Waals surface area contributed by atoms with Gasteiger partial charge in [-0.05, 0) is 42.0 Å². The molecular formula is C19H18BrNO4. The first-order chi connectivity index (χ1) is 12.1. The summed E-state index contributed by atoms with van der Waals surface area (Å²) < 4.78 is 11.8. The van der Waals surface area contributed by atoms with E-state index in [0.717, 1.165) is 15.8 Å². The van der Waals surface area contributed by atoms with Crippen LogP contribution in [0.1, 0.15) is 18.4 Å². The van der Waals surface area contributed by atoms with E-state index in [2.05, 4.69) is 15.9 Å². The number of halogens is 1. The van der Waals surface area contributed by atoms with Gasteiger partial charge in [-0.25, -0.2) is 0 Å². The van der Waals surface area contributed by atoms with E-state index in [4.69, 9.17) is 9.47 Å². The van der Waals surface area contributed by atoms with E-state index in [0.29, 0.717) is 18.6 Å².